The van der Waals surface area contributed by atoms with E-state index in [0.29, 0.717) is 59.6 Å². The first-order chi connectivity index (χ1) is 17.9. The predicted octanol–water partition coefficient (Wildman–Crippen LogP) is 3.51. The van der Waals surface area contributed by atoms with Crippen molar-refractivity contribution in [3.8, 4) is 17.2 Å². The van der Waals surface area contributed by atoms with Crippen LogP contribution in [0.15, 0.2) is 42.0 Å². The fourth-order valence-corrected chi connectivity index (χ4v) is 4.90. The third-order valence-electron chi connectivity index (χ3n) is 6.64. The number of benzene rings is 2. The Morgan fingerprint density at radius 1 is 1.00 bits per heavy atom. The second-order valence-electron chi connectivity index (χ2n) is 8.77. The summed E-state index contributed by atoms with van der Waals surface area (Å²) in [6, 6.07) is 8.98. The number of halogens is 1. The van der Waals surface area contributed by atoms with Crippen LogP contribution in [0.4, 0.5) is 0 Å². The molecule has 1 N–H and O–H groups in total. The van der Waals surface area contributed by atoms with E-state index in [1.54, 1.807) is 36.4 Å². The molecule has 2 saturated heterocycles. The summed E-state index contributed by atoms with van der Waals surface area (Å²) in [4.78, 5) is 30.4. The standard InChI is InChI=1S/C27H31ClN2O7/c1-34-20-15-18(16-21(35-2)26(20)36-3)23-22(24(31)17-5-7-19(28)8-6-17)25(32)27(33)30(23)10-4-9-29-11-13-37-14-12-29/h5-8,15-16,23,31H,4,9-14H2,1-3H3. The van der Waals surface area contributed by atoms with E-state index in [0.717, 1.165) is 19.6 Å². The molecule has 198 valence electrons. The molecule has 2 aromatic rings. The zero-order valence-corrected chi connectivity index (χ0v) is 21.9. The molecule has 0 bridgehead atoms. The Bertz CT molecular complexity index is 1150. The Hall–Kier alpha value is -3.27. The van der Waals surface area contributed by atoms with Gasteiger partial charge in [0.15, 0.2) is 11.5 Å². The topological polar surface area (TPSA) is 97.8 Å². The van der Waals surface area contributed by atoms with Crippen molar-refractivity contribution >= 4 is 29.1 Å². The quantitative estimate of drug-likeness (QED) is 0.299. The maximum absolute atomic E-state index is 13.3. The first-order valence-corrected chi connectivity index (χ1v) is 12.4. The van der Waals surface area contributed by atoms with Gasteiger partial charge in [-0.15, -0.1) is 0 Å². The molecule has 0 aliphatic carbocycles. The van der Waals surface area contributed by atoms with Gasteiger partial charge in [-0.05, 0) is 48.4 Å². The molecule has 2 aliphatic heterocycles. The van der Waals surface area contributed by atoms with Crippen molar-refractivity contribution in [2.45, 2.75) is 12.5 Å². The van der Waals surface area contributed by atoms with Crippen LogP contribution in [0, 0.1) is 0 Å². The number of rotatable bonds is 9. The summed E-state index contributed by atoms with van der Waals surface area (Å²) in [5.41, 5.74) is 0.928. The van der Waals surface area contributed by atoms with E-state index < -0.39 is 17.7 Å². The Morgan fingerprint density at radius 3 is 2.19 bits per heavy atom. The lowest BCUT2D eigenvalue weighted by Gasteiger charge is -2.29. The molecule has 9 nitrogen and oxygen atoms in total. The second-order valence-corrected chi connectivity index (χ2v) is 9.20. The number of ether oxygens (including phenoxy) is 4. The minimum Gasteiger partial charge on any atom is -0.507 e. The van der Waals surface area contributed by atoms with Crippen LogP contribution < -0.4 is 14.2 Å². The van der Waals surface area contributed by atoms with Crippen molar-refractivity contribution in [1.82, 2.24) is 9.80 Å². The molecule has 0 aromatic heterocycles. The lowest BCUT2D eigenvalue weighted by Crippen LogP contribution is -2.39. The number of hydrogen-bond donors (Lipinski definition) is 1. The average molecular weight is 531 g/mol. The molecule has 0 spiro atoms. The molecule has 37 heavy (non-hydrogen) atoms. The highest BCUT2D eigenvalue weighted by Gasteiger charge is 2.46. The smallest absolute Gasteiger partial charge is 0.295 e. The van der Waals surface area contributed by atoms with Crippen molar-refractivity contribution in [2.24, 2.45) is 0 Å². The highest BCUT2D eigenvalue weighted by molar-refractivity contribution is 6.46. The van der Waals surface area contributed by atoms with E-state index >= 15 is 0 Å². The summed E-state index contributed by atoms with van der Waals surface area (Å²) in [7, 11) is 4.49. The monoisotopic (exact) mass is 530 g/mol. The van der Waals surface area contributed by atoms with Crippen LogP contribution in [0.2, 0.25) is 5.02 Å². The third kappa shape index (κ3) is 5.53. The van der Waals surface area contributed by atoms with Gasteiger partial charge in [0.2, 0.25) is 5.75 Å². The summed E-state index contributed by atoms with van der Waals surface area (Å²) in [6.45, 7) is 4.08. The molecule has 1 atom stereocenters. The predicted molar refractivity (Wildman–Crippen MR) is 138 cm³/mol. The highest BCUT2D eigenvalue weighted by atomic mass is 35.5. The Morgan fingerprint density at radius 2 is 1.62 bits per heavy atom. The number of ketones is 1. The normalized spacial score (nSPS) is 19.8. The van der Waals surface area contributed by atoms with E-state index in [4.69, 9.17) is 30.5 Å². The van der Waals surface area contributed by atoms with Gasteiger partial charge in [0.1, 0.15) is 5.76 Å². The Balaban J connectivity index is 1.77. The van der Waals surface area contributed by atoms with E-state index in [1.165, 1.54) is 26.2 Å². The molecule has 2 heterocycles. The molecule has 2 aromatic carbocycles. The molecule has 0 radical (unpaired) electrons. The van der Waals surface area contributed by atoms with Crippen LogP contribution in [0.25, 0.3) is 5.76 Å². The molecular formula is C27H31ClN2O7. The van der Waals surface area contributed by atoms with Crippen molar-refractivity contribution in [3.05, 3.63) is 58.1 Å². The number of aliphatic hydroxyl groups excluding tert-OH is 1. The van der Waals surface area contributed by atoms with Crippen molar-refractivity contribution < 1.29 is 33.6 Å². The first kappa shape index (κ1) is 26.8. The molecule has 1 unspecified atom stereocenters. The van der Waals surface area contributed by atoms with Gasteiger partial charge in [-0.2, -0.15) is 0 Å². The van der Waals surface area contributed by atoms with Crippen LogP contribution >= 0.6 is 11.6 Å². The number of carbonyl (C=O) groups is 2. The van der Waals surface area contributed by atoms with Crippen LogP contribution in [0.5, 0.6) is 17.2 Å². The number of morpholine rings is 1. The molecular weight excluding hydrogens is 500 g/mol. The third-order valence-corrected chi connectivity index (χ3v) is 6.89. The number of methoxy groups -OCH3 is 3. The zero-order valence-electron chi connectivity index (χ0n) is 21.2. The molecule has 4 rings (SSSR count). The summed E-state index contributed by atoms with van der Waals surface area (Å²) >= 11 is 6.01. The van der Waals surface area contributed by atoms with Gasteiger partial charge in [-0.1, -0.05) is 11.6 Å². The zero-order chi connectivity index (χ0) is 26.5. The maximum atomic E-state index is 13.3. The van der Waals surface area contributed by atoms with Gasteiger partial charge >= 0.3 is 0 Å². The molecule has 0 saturated carbocycles. The Labute approximate surface area is 221 Å². The van der Waals surface area contributed by atoms with Crippen molar-refractivity contribution in [1.29, 1.82) is 0 Å². The number of likely N-dealkylation sites (tertiary alicyclic amines) is 1. The number of amides is 1. The number of aliphatic hydroxyl groups is 1. The van der Waals surface area contributed by atoms with Gasteiger partial charge in [-0.25, -0.2) is 0 Å². The van der Waals surface area contributed by atoms with Gasteiger partial charge < -0.3 is 29.0 Å². The number of Topliss-reactive ketones (excluding diaryl/α,β-unsaturated/α-hetero) is 1. The SMILES string of the molecule is COc1cc(C2C(=C(O)c3ccc(Cl)cc3)C(=O)C(=O)N2CCCN2CCOCC2)cc(OC)c1OC. The number of carbonyl (C=O) groups excluding carboxylic acids is 2. The number of nitrogens with zero attached hydrogens (tertiary/aromatic N) is 2. The lowest BCUT2D eigenvalue weighted by molar-refractivity contribution is -0.140. The van der Waals surface area contributed by atoms with Gasteiger partial charge in [0, 0.05) is 36.8 Å². The van der Waals surface area contributed by atoms with Crippen LogP contribution in [-0.2, 0) is 14.3 Å². The summed E-state index contributed by atoms with van der Waals surface area (Å²) in [5, 5.41) is 11.7. The van der Waals surface area contributed by atoms with Crippen molar-refractivity contribution in [2.75, 3.05) is 60.7 Å². The Kier molecular flexibility index (Phi) is 8.58. The van der Waals surface area contributed by atoms with E-state index in [2.05, 4.69) is 4.90 Å². The van der Waals surface area contributed by atoms with Gasteiger partial charge in [0.25, 0.3) is 11.7 Å². The largest absolute Gasteiger partial charge is 0.507 e. The first-order valence-electron chi connectivity index (χ1n) is 12.0. The van der Waals surface area contributed by atoms with Crippen LogP contribution in [0.1, 0.15) is 23.6 Å². The van der Waals surface area contributed by atoms with E-state index in [1.807, 2.05) is 0 Å². The highest BCUT2D eigenvalue weighted by Crippen LogP contribution is 2.45. The minimum atomic E-state index is -0.853. The molecule has 2 aliphatic rings. The van der Waals surface area contributed by atoms with Gasteiger partial charge in [-0.3, -0.25) is 14.5 Å². The molecule has 2 fully saturated rings. The lowest BCUT2D eigenvalue weighted by atomic mass is 9.94. The van der Waals surface area contributed by atoms with Crippen LogP contribution in [0.3, 0.4) is 0 Å². The fraction of sp³-hybridized carbons (Fsp3) is 0.407. The fourth-order valence-electron chi connectivity index (χ4n) is 4.77. The molecule has 10 heteroatoms. The maximum Gasteiger partial charge on any atom is 0.295 e. The number of hydrogen-bond acceptors (Lipinski definition) is 8. The molecule has 1 amide bonds. The second kappa shape index (κ2) is 11.9. The van der Waals surface area contributed by atoms with Gasteiger partial charge in [0.05, 0.1) is 46.2 Å². The van der Waals surface area contributed by atoms with E-state index in [-0.39, 0.29) is 11.3 Å². The summed E-state index contributed by atoms with van der Waals surface area (Å²) in [5.74, 6) is -0.557. The summed E-state index contributed by atoms with van der Waals surface area (Å²) in [6.07, 6.45) is 0.648. The minimum absolute atomic E-state index is 0.00651. The average Bonchev–Trinajstić information content (AvgIpc) is 3.17. The van der Waals surface area contributed by atoms with Crippen LogP contribution in [-0.4, -0.2) is 87.3 Å². The summed E-state index contributed by atoms with van der Waals surface area (Å²) < 4.78 is 21.9. The van der Waals surface area contributed by atoms with E-state index in [9.17, 15) is 14.7 Å². The van der Waals surface area contributed by atoms with Crippen molar-refractivity contribution in [3.63, 3.8) is 0 Å².